The van der Waals surface area contributed by atoms with Gasteiger partial charge in [-0.3, -0.25) is 4.79 Å². The fourth-order valence-corrected chi connectivity index (χ4v) is 2.67. The van der Waals surface area contributed by atoms with E-state index in [9.17, 15) is 4.79 Å². The van der Waals surface area contributed by atoms with Crippen LogP contribution in [0.25, 0.3) is 11.0 Å². The lowest BCUT2D eigenvalue weighted by atomic mass is 10.1. The number of aliphatic hydroxyl groups excluding tert-OH is 1. The molecule has 0 saturated carbocycles. The van der Waals surface area contributed by atoms with E-state index in [-0.39, 0.29) is 18.9 Å². The number of ketones is 1. The van der Waals surface area contributed by atoms with Crippen LogP contribution in [0.3, 0.4) is 0 Å². The van der Waals surface area contributed by atoms with Gasteiger partial charge in [0, 0.05) is 16.6 Å². The van der Waals surface area contributed by atoms with Crippen LogP contribution in [0.15, 0.2) is 53.0 Å². The molecule has 0 saturated heterocycles. The molecule has 1 aromatic heterocycles. The maximum absolute atomic E-state index is 12.6. The molecule has 0 atom stereocenters. The van der Waals surface area contributed by atoms with Gasteiger partial charge in [-0.15, -0.1) is 0 Å². The molecule has 0 bridgehead atoms. The Hall–Kier alpha value is -2.18. The Labute approximate surface area is 142 Å². The van der Waals surface area contributed by atoms with Gasteiger partial charge in [-0.25, -0.2) is 4.98 Å². The number of anilines is 1. The number of aliphatic hydroxyl groups is 1. The summed E-state index contributed by atoms with van der Waals surface area (Å²) >= 11 is 3.37. The monoisotopic (exact) mass is 373 g/mol. The van der Waals surface area contributed by atoms with Crippen molar-refractivity contribution in [1.29, 1.82) is 0 Å². The SMILES string of the molecule is O=C(Cn1c(NCCO)nc2ccccc21)c1ccc(Br)cc1. The van der Waals surface area contributed by atoms with Gasteiger partial charge in [0.1, 0.15) is 0 Å². The van der Waals surface area contributed by atoms with Crippen LogP contribution in [0.2, 0.25) is 0 Å². The summed E-state index contributed by atoms with van der Waals surface area (Å²) < 4.78 is 2.78. The molecule has 3 aromatic rings. The summed E-state index contributed by atoms with van der Waals surface area (Å²) in [6, 6.07) is 15.0. The number of hydrogen-bond donors (Lipinski definition) is 2. The van der Waals surface area contributed by atoms with Crippen molar-refractivity contribution < 1.29 is 9.90 Å². The molecule has 0 amide bonds. The van der Waals surface area contributed by atoms with Crippen molar-refractivity contribution in [3.63, 3.8) is 0 Å². The van der Waals surface area contributed by atoms with Crippen molar-refractivity contribution in [1.82, 2.24) is 9.55 Å². The minimum Gasteiger partial charge on any atom is -0.395 e. The van der Waals surface area contributed by atoms with Crippen molar-refractivity contribution >= 4 is 38.7 Å². The number of rotatable bonds is 6. The quantitative estimate of drug-likeness (QED) is 0.651. The van der Waals surface area contributed by atoms with E-state index in [1.54, 1.807) is 12.1 Å². The smallest absolute Gasteiger partial charge is 0.204 e. The number of imidazole rings is 1. The van der Waals surface area contributed by atoms with E-state index in [1.807, 2.05) is 41.0 Å². The van der Waals surface area contributed by atoms with E-state index < -0.39 is 0 Å². The summed E-state index contributed by atoms with van der Waals surface area (Å²) in [5.41, 5.74) is 2.36. The van der Waals surface area contributed by atoms with Crippen LogP contribution >= 0.6 is 15.9 Å². The van der Waals surface area contributed by atoms with E-state index in [2.05, 4.69) is 26.2 Å². The van der Waals surface area contributed by atoms with E-state index >= 15 is 0 Å². The Morgan fingerprint density at radius 2 is 1.91 bits per heavy atom. The van der Waals surface area contributed by atoms with Gasteiger partial charge in [0.05, 0.1) is 24.2 Å². The summed E-state index contributed by atoms with van der Waals surface area (Å²) in [7, 11) is 0. The summed E-state index contributed by atoms with van der Waals surface area (Å²) in [6.45, 7) is 0.579. The van der Waals surface area contributed by atoms with Gasteiger partial charge >= 0.3 is 0 Å². The number of halogens is 1. The zero-order valence-electron chi connectivity index (χ0n) is 12.4. The molecule has 3 rings (SSSR count). The van der Waals surface area contributed by atoms with Crippen LogP contribution in [0.5, 0.6) is 0 Å². The Kier molecular flexibility index (Phi) is 4.73. The first-order valence-corrected chi connectivity index (χ1v) is 8.07. The van der Waals surface area contributed by atoms with Gasteiger partial charge in [0.25, 0.3) is 0 Å². The Bertz CT molecular complexity index is 827. The zero-order chi connectivity index (χ0) is 16.2. The highest BCUT2D eigenvalue weighted by Gasteiger charge is 2.14. The van der Waals surface area contributed by atoms with Crippen LogP contribution in [0.1, 0.15) is 10.4 Å². The molecule has 2 aromatic carbocycles. The third-order valence-corrected chi connectivity index (χ3v) is 4.05. The number of benzene rings is 2. The molecule has 0 unspecified atom stereocenters. The summed E-state index contributed by atoms with van der Waals surface area (Å²) in [4.78, 5) is 17.0. The molecule has 6 heteroatoms. The maximum atomic E-state index is 12.6. The fourth-order valence-electron chi connectivity index (χ4n) is 2.41. The number of hydrogen-bond acceptors (Lipinski definition) is 4. The molecule has 0 aliphatic heterocycles. The lowest BCUT2D eigenvalue weighted by Gasteiger charge is -2.09. The molecule has 0 aliphatic rings. The molecule has 0 radical (unpaired) electrons. The van der Waals surface area contributed by atoms with Gasteiger partial charge in [0.2, 0.25) is 5.95 Å². The number of carbonyl (C=O) groups excluding carboxylic acids is 1. The number of carbonyl (C=O) groups is 1. The molecule has 0 spiro atoms. The zero-order valence-corrected chi connectivity index (χ0v) is 14.0. The highest BCUT2D eigenvalue weighted by molar-refractivity contribution is 9.10. The highest BCUT2D eigenvalue weighted by Crippen LogP contribution is 2.20. The second-order valence-corrected chi connectivity index (χ2v) is 6.01. The highest BCUT2D eigenvalue weighted by atomic mass is 79.9. The lowest BCUT2D eigenvalue weighted by Crippen LogP contribution is -2.15. The maximum Gasteiger partial charge on any atom is 0.204 e. The Morgan fingerprint density at radius 1 is 1.17 bits per heavy atom. The molecule has 23 heavy (non-hydrogen) atoms. The predicted molar refractivity (Wildman–Crippen MR) is 93.8 cm³/mol. The molecular weight excluding hydrogens is 358 g/mol. The van der Waals surface area contributed by atoms with Gasteiger partial charge in [-0.05, 0) is 24.3 Å². The Morgan fingerprint density at radius 3 is 2.65 bits per heavy atom. The standard InChI is InChI=1S/C17H16BrN3O2/c18-13-7-5-12(6-8-13)16(23)11-21-15-4-2-1-3-14(15)20-17(21)19-9-10-22/h1-8,22H,9-11H2,(H,19,20). The van der Waals surface area contributed by atoms with Gasteiger partial charge < -0.3 is 15.0 Å². The van der Waals surface area contributed by atoms with E-state index in [4.69, 9.17) is 5.11 Å². The second-order valence-electron chi connectivity index (χ2n) is 5.09. The number of aromatic nitrogens is 2. The van der Waals surface area contributed by atoms with Crippen molar-refractivity contribution in [3.8, 4) is 0 Å². The average molecular weight is 374 g/mol. The summed E-state index contributed by atoms with van der Waals surface area (Å²) in [6.07, 6.45) is 0. The molecule has 5 nitrogen and oxygen atoms in total. The van der Waals surface area contributed by atoms with E-state index in [0.717, 1.165) is 15.5 Å². The lowest BCUT2D eigenvalue weighted by molar-refractivity contribution is 0.0974. The Balaban J connectivity index is 1.94. The van der Waals surface area contributed by atoms with Crippen molar-refractivity contribution in [2.24, 2.45) is 0 Å². The van der Waals surface area contributed by atoms with Gasteiger partial charge in [0.15, 0.2) is 5.78 Å². The third-order valence-electron chi connectivity index (χ3n) is 3.52. The number of nitrogens with zero attached hydrogens (tertiary/aromatic N) is 2. The average Bonchev–Trinajstić information content (AvgIpc) is 2.91. The first-order valence-electron chi connectivity index (χ1n) is 7.28. The summed E-state index contributed by atoms with van der Waals surface area (Å²) in [5.74, 6) is 0.596. The van der Waals surface area contributed by atoms with Crippen LogP contribution in [-0.4, -0.2) is 33.6 Å². The molecular formula is C17H16BrN3O2. The largest absolute Gasteiger partial charge is 0.395 e. The molecule has 2 N–H and O–H groups in total. The molecule has 118 valence electrons. The van der Waals surface area contributed by atoms with Crippen molar-refractivity contribution in [3.05, 3.63) is 58.6 Å². The van der Waals surface area contributed by atoms with Crippen LogP contribution in [0, 0.1) is 0 Å². The number of nitrogens with one attached hydrogen (secondary N) is 1. The van der Waals surface area contributed by atoms with Gasteiger partial charge in [-0.1, -0.05) is 40.2 Å². The number of para-hydroxylation sites is 2. The predicted octanol–water partition coefficient (Wildman–Crippen LogP) is 3.09. The van der Waals surface area contributed by atoms with E-state index in [0.29, 0.717) is 18.1 Å². The fraction of sp³-hybridized carbons (Fsp3) is 0.176. The second kappa shape index (κ2) is 6.93. The van der Waals surface area contributed by atoms with Crippen LogP contribution < -0.4 is 5.32 Å². The third kappa shape index (κ3) is 3.43. The minimum absolute atomic E-state index is 0.00383. The van der Waals surface area contributed by atoms with Crippen LogP contribution in [-0.2, 0) is 6.54 Å². The van der Waals surface area contributed by atoms with Gasteiger partial charge in [-0.2, -0.15) is 0 Å². The molecule has 1 heterocycles. The number of Topliss-reactive ketones (excluding diaryl/α,β-unsaturated/α-hetero) is 1. The van der Waals surface area contributed by atoms with E-state index in [1.165, 1.54) is 0 Å². The van der Waals surface area contributed by atoms with Crippen LogP contribution in [0.4, 0.5) is 5.95 Å². The normalized spacial score (nSPS) is 10.9. The van der Waals surface area contributed by atoms with Crippen molar-refractivity contribution in [2.75, 3.05) is 18.5 Å². The van der Waals surface area contributed by atoms with Crippen molar-refractivity contribution in [2.45, 2.75) is 6.54 Å². The first-order chi connectivity index (χ1) is 11.2. The molecule has 0 fully saturated rings. The number of fused-ring (bicyclic) bond motifs is 1. The summed E-state index contributed by atoms with van der Waals surface area (Å²) in [5, 5.41) is 12.1. The first kappa shape index (κ1) is 15.7. The molecule has 0 aliphatic carbocycles. The minimum atomic E-state index is 0.00383. The topological polar surface area (TPSA) is 67.2 Å².